The minimum atomic E-state index is -0.285. The smallest absolute Gasteiger partial charge is 0.217 e. The lowest BCUT2D eigenvalue weighted by Gasteiger charge is -2.14. The number of fused-ring (bicyclic) bond motifs is 1. The van der Waals surface area contributed by atoms with Gasteiger partial charge in [-0.25, -0.2) is 14.4 Å². The number of hydrogen-bond acceptors (Lipinski definition) is 6. The molecule has 1 aromatic heterocycles. The maximum absolute atomic E-state index is 13.5. The van der Waals surface area contributed by atoms with Gasteiger partial charge in [-0.3, -0.25) is 4.79 Å². The molecule has 1 heterocycles. The molecule has 1 amide bonds. The summed E-state index contributed by atoms with van der Waals surface area (Å²) in [6.07, 6.45) is 4.25. The summed E-state index contributed by atoms with van der Waals surface area (Å²) in [6, 6.07) is 8.41. The third kappa shape index (κ3) is 5.34. The van der Waals surface area contributed by atoms with Crippen molar-refractivity contribution in [2.24, 2.45) is 5.73 Å². The number of primary amides is 1. The van der Waals surface area contributed by atoms with Crippen LogP contribution in [0.5, 0.6) is 11.5 Å². The van der Waals surface area contributed by atoms with Gasteiger partial charge >= 0.3 is 0 Å². The number of hydrogen-bond donors (Lipinski definition) is 2. The van der Waals surface area contributed by atoms with Crippen molar-refractivity contribution in [3.63, 3.8) is 0 Å². The van der Waals surface area contributed by atoms with Crippen LogP contribution in [0.1, 0.15) is 31.2 Å². The van der Waals surface area contributed by atoms with Crippen molar-refractivity contribution < 1.29 is 18.7 Å². The number of halogens is 1. The lowest BCUT2D eigenvalue weighted by Crippen LogP contribution is -2.09. The Morgan fingerprint density at radius 2 is 1.97 bits per heavy atom. The number of aromatic nitrogens is 2. The Bertz CT molecular complexity index is 1040. The normalized spacial score (nSPS) is 10.8. The Hall–Kier alpha value is -3.42. The molecular formula is C22H25FN4O3. The summed E-state index contributed by atoms with van der Waals surface area (Å²) in [5.74, 6) is 1.19. The number of aryl methyl sites for hydroxylation is 1. The zero-order chi connectivity index (χ0) is 21.5. The van der Waals surface area contributed by atoms with Gasteiger partial charge in [0.05, 0.1) is 19.2 Å². The molecule has 158 valence electrons. The van der Waals surface area contributed by atoms with Crippen molar-refractivity contribution in [2.75, 3.05) is 19.0 Å². The lowest BCUT2D eigenvalue weighted by atomic mass is 10.1. The number of anilines is 2. The topological polar surface area (TPSA) is 99.4 Å². The minimum absolute atomic E-state index is 0.258. The van der Waals surface area contributed by atoms with E-state index in [1.165, 1.54) is 12.4 Å². The van der Waals surface area contributed by atoms with E-state index < -0.39 is 0 Å². The van der Waals surface area contributed by atoms with Gasteiger partial charge in [0.15, 0.2) is 11.5 Å². The molecule has 0 atom stereocenters. The second-order valence-corrected chi connectivity index (χ2v) is 6.96. The van der Waals surface area contributed by atoms with E-state index in [2.05, 4.69) is 15.3 Å². The van der Waals surface area contributed by atoms with E-state index in [9.17, 15) is 9.18 Å². The number of rotatable bonds is 10. The molecule has 0 unspecified atom stereocenters. The van der Waals surface area contributed by atoms with E-state index in [-0.39, 0.29) is 11.7 Å². The Balaban J connectivity index is 1.76. The van der Waals surface area contributed by atoms with E-state index in [0.717, 1.165) is 30.3 Å². The van der Waals surface area contributed by atoms with Crippen LogP contribution in [0.15, 0.2) is 36.7 Å². The predicted molar refractivity (Wildman–Crippen MR) is 114 cm³/mol. The molecule has 3 N–H and O–H groups in total. The Morgan fingerprint density at radius 3 is 2.70 bits per heavy atom. The highest BCUT2D eigenvalue weighted by molar-refractivity contribution is 5.93. The molecule has 0 bridgehead atoms. The van der Waals surface area contributed by atoms with Gasteiger partial charge in [0.25, 0.3) is 0 Å². The second-order valence-electron chi connectivity index (χ2n) is 6.96. The fraction of sp³-hybridized carbons (Fsp3) is 0.318. The fourth-order valence-corrected chi connectivity index (χ4v) is 3.06. The molecule has 0 fully saturated rings. The number of benzene rings is 2. The molecule has 0 radical (unpaired) electrons. The molecule has 0 spiro atoms. The SMILES string of the molecule is COc1cc2c(Nc3ccc(F)c(C)c3)ncnc2cc1OCCCCCC(N)=O. The third-order valence-electron chi connectivity index (χ3n) is 4.67. The first kappa shape index (κ1) is 21.3. The van der Waals surface area contributed by atoms with Gasteiger partial charge < -0.3 is 20.5 Å². The first-order valence-electron chi connectivity index (χ1n) is 9.75. The van der Waals surface area contributed by atoms with Crippen LogP contribution >= 0.6 is 0 Å². The molecule has 3 aromatic rings. The van der Waals surface area contributed by atoms with E-state index in [1.807, 2.05) is 6.07 Å². The highest BCUT2D eigenvalue weighted by atomic mass is 19.1. The number of ether oxygens (including phenoxy) is 2. The van der Waals surface area contributed by atoms with Crippen molar-refractivity contribution >= 4 is 28.3 Å². The van der Waals surface area contributed by atoms with Crippen LogP contribution in [-0.2, 0) is 4.79 Å². The van der Waals surface area contributed by atoms with Gasteiger partial charge in [-0.15, -0.1) is 0 Å². The third-order valence-corrected chi connectivity index (χ3v) is 4.67. The number of methoxy groups -OCH3 is 1. The molecule has 7 nitrogen and oxygen atoms in total. The highest BCUT2D eigenvalue weighted by Gasteiger charge is 2.12. The summed E-state index contributed by atoms with van der Waals surface area (Å²) in [7, 11) is 1.57. The first-order chi connectivity index (χ1) is 14.5. The summed E-state index contributed by atoms with van der Waals surface area (Å²) in [5.41, 5.74) is 7.10. The molecule has 0 saturated heterocycles. The molecule has 0 aliphatic carbocycles. The molecule has 30 heavy (non-hydrogen) atoms. The van der Waals surface area contributed by atoms with Gasteiger partial charge in [0.2, 0.25) is 5.91 Å². The van der Waals surface area contributed by atoms with Crippen LogP contribution in [0.4, 0.5) is 15.9 Å². The lowest BCUT2D eigenvalue weighted by molar-refractivity contribution is -0.118. The molecule has 3 rings (SSSR count). The van der Waals surface area contributed by atoms with Gasteiger partial charge in [0, 0.05) is 23.6 Å². The zero-order valence-corrected chi connectivity index (χ0v) is 17.1. The van der Waals surface area contributed by atoms with Crippen molar-refractivity contribution in [3.8, 4) is 11.5 Å². The van der Waals surface area contributed by atoms with Crippen LogP contribution in [-0.4, -0.2) is 29.6 Å². The predicted octanol–water partition coefficient (Wildman–Crippen LogP) is 4.25. The zero-order valence-electron chi connectivity index (χ0n) is 17.1. The van der Waals surface area contributed by atoms with Crippen LogP contribution < -0.4 is 20.5 Å². The minimum Gasteiger partial charge on any atom is -0.493 e. The number of unbranched alkanes of at least 4 members (excludes halogenated alkanes) is 2. The fourth-order valence-electron chi connectivity index (χ4n) is 3.06. The molecule has 8 heteroatoms. The summed E-state index contributed by atoms with van der Waals surface area (Å²) in [5, 5.41) is 3.96. The van der Waals surface area contributed by atoms with E-state index in [0.29, 0.717) is 41.4 Å². The average molecular weight is 412 g/mol. The number of nitrogens with zero attached hydrogens (tertiary/aromatic N) is 2. The van der Waals surface area contributed by atoms with Crippen LogP contribution in [0.2, 0.25) is 0 Å². The quantitative estimate of drug-likeness (QED) is 0.483. The van der Waals surface area contributed by atoms with Gasteiger partial charge in [-0.1, -0.05) is 0 Å². The van der Waals surface area contributed by atoms with Crippen LogP contribution in [0.3, 0.4) is 0 Å². The molecular weight excluding hydrogens is 387 g/mol. The number of nitrogens with one attached hydrogen (secondary N) is 1. The van der Waals surface area contributed by atoms with Gasteiger partial charge in [-0.2, -0.15) is 0 Å². The van der Waals surface area contributed by atoms with Crippen molar-refractivity contribution in [1.82, 2.24) is 9.97 Å². The van der Waals surface area contributed by atoms with E-state index >= 15 is 0 Å². The van der Waals surface area contributed by atoms with Crippen molar-refractivity contribution in [2.45, 2.75) is 32.6 Å². The Kier molecular flexibility index (Phi) is 7.00. The number of nitrogens with two attached hydrogens (primary N) is 1. The highest BCUT2D eigenvalue weighted by Crippen LogP contribution is 2.35. The molecule has 0 saturated carbocycles. The van der Waals surface area contributed by atoms with Crippen molar-refractivity contribution in [1.29, 1.82) is 0 Å². The van der Waals surface area contributed by atoms with Crippen LogP contribution in [0.25, 0.3) is 10.9 Å². The summed E-state index contributed by atoms with van der Waals surface area (Å²) < 4.78 is 24.9. The summed E-state index contributed by atoms with van der Waals surface area (Å²) >= 11 is 0. The van der Waals surface area contributed by atoms with Crippen molar-refractivity contribution in [3.05, 3.63) is 48.0 Å². The first-order valence-corrected chi connectivity index (χ1v) is 9.75. The average Bonchev–Trinajstić information content (AvgIpc) is 2.72. The maximum atomic E-state index is 13.5. The number of carbonyl (C=O) groups excluding carboxylic acids is 1. The molecule has 2 aromatic carbocycles. The summed E-state index contributed by atoms with van der Waals surface area (Å²) in [6.45, 7) is 2.20. The molecule has 0 aliphatic heterocycles. The molecule has 0 aliphatic rings. The Morgan fingerprint density at radius 1 is 1.13 bits per heavy atom. The van der Waals surface area contributed by atoms with Gasteiger partial charge in [0.1, 0.15) is 18.0 Å². The summed E-state index contributed by atoms with van der Waals surface area (Å²) in [4.78, 5) is 19.4. The van der Waals surface area contributed by atoms with Crippen LogP contribution in [0, 0.1) is 12.7 Å². The monoisotopic (exact) mass is 412 g/mol. The Labute approximate surface area is 174 Å². The largest absolute Gasteiger partial charge is 0.493 e. The van der Waals surface area contributed by atoms with E-state index in [1.54, 1.807) is 32.2 Å². The second kappa shape index (κ2) is 9.87. The number of carbonyl (C=O) groups is 1. The standard InChI is InChI=1S/C22H25FN4O3/c1-14-10-15(7-8-17(14)23)27-22-16-11-19(29-2)20(12-18(16)25-13-26-22)30-9-5-3-4-6-21(24)28/h7-8,10-13H,3-6,9H2,1-2H3,(H2,24,28)(H,25,26,27). The van der Waals surface area contributed by atoms with Gasteiger partial charge in [-0.05, 0) is 56.0 Å². The van der Waals surface area contributed by atoms with E-state index in [4.69, 9.17) is 15.2 Å². The number of amides is 1. The maximum Gasteiger partial charge on any atom is 0.217 e.